The molecule has 0 aromatic heterocycles. The molecule has 1 heterocycles. The first-order chi connectivity index (χ1) is 15.1. The molecule has 3 rings (SSSR count). The van der Waals surface area contributed by atoms with Gasteiger partial charge in [-0.1, -0.05) is 19.1 Å². The standard InChI is InChI=1S/C24H32FN3O3.HI/c1-4-26-24(27-11-9-17(2)18-5-7-22(29-3)8-6-18)28-12-10-19-13-21(25)14-20-15-30-16-31-23(19)20;/h5-8,13-14,17H,4,9-12,15-16H2,1-3H3,(H2,26,27,28);1H. The molecule has 6 nitrogen and oxygen atoms in total. The lowest BCUT2D eigenvalue weighted by Gasteiger charge is -2.21. The van der Waals surface area contributed by atoms with Gasteiger partial charge in [0.2, 0.25) is 0 Å². The number of methoxy groups -OCH3 is 1. The molecular weight excluding hydrogens is 524 g/mol. The van der Waals surface area contributed by atoms with Crippen molar-refractivity contribution < 1.29 is 18.6 Å². The van der Waals surface area contributed by atoms with Crippen LogP contribution in [-0.4, -0.2) is 39.5 Å². The minimum absolute atomic E-state index is 0. The highest BCUT2D eigenvalue weighted by molar-refractivity contribution is 14.0. The number of hydrogen-bond acceptors (Lipinski definition) is 4. The number of hydrogen-bond donors (Lipinski definition) is 2. The molecule has 0 amide bonds. The van der Waals surface area contributed by atoms with E-state index in [4.69, 9.17) is 19.2 Å². The molecule has 1 aliphatic rings. The molecule has 1 atom stereocenters. The summed E-state index contributed by atoms with van der Waals surface area (Å²) < 4.78 is 30.0. The Morgan fingerprint density at radius 3 is 2.72 bits per heavy atom. The van der Waals surface area contributed by atoms with E-state index in [2.05, 4.69) is 29.7 Å². The fourth-order valence-corrected chi connectivity index (χ4v) is 3.57. The lowest BCUT2D eigenvalue weighted by atomic mass is 9.98. The van der Waals surface area contributed by atoms with Crippen molar-refractivity contribution >= 4 is 29.9 Å². The third kappa shape index (κ3) is 7.51. The summed E-state index contributed by atoms with van der Waals surface area (Å²) in [6.45, 7) is 6.93. The number of ether oxygens (including phenoxy) is 3. The van der Waals surface area contributed by atoms with Crippen molar-refractivity contribution in [1.82, 2.24) is 10.6 Å². The summed E-state index contributed by atoms with van der Waals surface area (Å²) in [5.41, 5.74) is 2.87. The fourth-order valence-electron chi connectivity index (χ4n) is 3.57. The third-order valence-corrected chi connectivity index (χ3v) is 5.30. The molecule has 2 N–H and O–H groups in total. The van der Waals surface area contributed by atoms with Crippen molar-refractivity contribution in [3.63, 3.8) is 0 Å². The Kier molecular flexibility index (Phi) is 11.0. The summed E-state index contributed by atoms with van der Waals surface area (Å²) in [6.07, 6.45) is 1.57. The Hall–Kier alpha value is -2.07. The average molecular weight is 557 g/mol. The molecule has 0 spiro atoms. The van der Waals surface area contributed by atoms with E-state index in [1.54, 1.807) is 7.11 Å². The number of fused-ring (bicyclic) bond motifs is 1. The zero-order chi connectivity index (χ0) is 22.1. The zero-order valence-electron chi connectivity index (χ0n) is 18.9. The minimum atomic E-state index is -0.268. The molecule has 0 fully saturated rings. The van der Waals surface area contributed by atoms with Crippen LogP contribution in [0, 0.1) is 5.82 Å². The van der Waals surface area contributed by atoms with E-state index in [0.29, 0.717) is 32.0 Å². The lowest BCUT2D eigenvalue weighted by Crippen LogP contribution is -2.38. The molecule has 2 aromatic rings. The Morgan fingerprint density at radius 2 is 2.00 bits per heavy atom. The van der Waals surface area contributed by atoms with E-state index in [0.717, 1.165) is 41.6 Å². The fraction of sp³-hybridized carbons (Fsp3) is 0.458. The SMILES string of the molecule is CCNC(=NCCC(C)c1ccc(OC)cc1)NCCc1cc(F)cc2c1OCOC2.I. The van der Waals surface area contributed by atoms with Crippen molar-refractivity contribution in [1.29, 1.82) is 0 Å². The first-order valence-corrected chi connectivity index (χ1v) is 10.8. The number of aliphatic imine (C=N–C) groups is 1. The van der Waals surface area contributed by atoms with E-state index >= 15 is 0 Å². The van der Waals surface area contributed by atoms with Gasteiger partial charge in [0, 0.05) is 25.2 Å². The summed E-state index contributed by atoms with van der Waals surface area (Å²) in [4.78, 5) is 4.69. The van der Waals surface area contributed by atoms with Crippen LogP contribution >= 0.6 is 24.0 Å². The largest absolute Gasteiger partial charge is 0.497 e. The molecule has 2 aromatic carbocycles. The maximum Gasteiger partial charge on any atom is 0.191 e. The predicted molar refractivity (Wildman–Crippen MR) is 136 cm³/mol. The quantitative estimate of drug-likeness (QED) is 0.268. The van der Waals surface area contributed by atoms with E-state index in [1.807, 2.05) is 19.1 Å². The van der Waals surface area contributed by atoms with Gasteiger partial charge in [-0.25, -0.2) is 4.39 Å². The average Bonchev–Trinajstić information content (AvgIpc) is 2.79. The van der Waals surface area contributed by atoms with Gasteiger partial charge in [0.15, 0.2) is 12.8 Å². The monoisotopic (exact) mass is 557 g/mol. The second-order valence-electron chi connectivity index (χ2n) is 7.56. The summed E-state index contributed by atoms with van der Waals surface area (Å²) in [5, 5.41) is 6.61. The molecule has 0 bridgehead atoms. The highest BCUT2D eigenvalue weighted by Gasteiger charge is 2.16. The van der Waals surface area contributed by atoms with Gasteiger partial charge in [0.1, 0.15) is 17.3 Å². The van der Waals surface area contributed by atoms with Gasteiger partial charge in [-0.3, -0.25) is 4.99 Å². The number of nitrogens with one attached hydrogen (secondary N) is 2. The van der Waals surface area contributed by atoms with Crippen molar-refractivity contribution in [2.75, 3.05) is 33.5 Å². The van der Waals surface area contributed by atoms with Crippen LogP contribution in [0.3, 0.4) is 0 Å². The Bertz CT molecular complexity index is 878. The van der Waals surface area contributed by atoms with Gasteiger partial charge in [0.05, 0.1) is 13.7 Å². The van der Waals surface area contributed by atoms with E-state index in [9.17, 15) is 4.39 Å². The smallest absolute Gasteiger partial charge is 0.191 e. The molecular formula is C24H33FIN3O3. The molecule has 1 unspecified atom stereocenters. The van der Waals surface area contributed by atoms with Gasteiger partial charge in [-0.15, -0.1) is 24.0 Å². The van der Waals surface area contributed by atoms with Gasteiger partial charge in [0.25, 0.3) is 0 Å². The van der Waals surface area contributed by atoms with Gasteiger partial charge in [-0.05, 0) is 61.1 Å². The maximum absolute atomic E-state index is 13.9. The second-order valence-corrected chi connectivity index (χ2v) is 7.56. The van der Waals surface area contributed by atoms with Crippen LogP contribution in [0.2, 0.25) is 0 Å². The predicted octanol–water partition coefficient (Wildman–Crippen LogP) is 4.61. The van der Waals surface area contributed by atoms with E-state index in [1.165, 1.54) is 17.7 Å². The molecule has 0 radical (unpaired) electrons. The Labute approximate surface area is 207 Å². The Morgan fingerprint density at radius 1 is 1.22 bits per heavy atom. The van der Waals surface area contributed by atoms with Crippen LogP contribution in [0.5, 0.6) is 11.5 Å². The number of benzene rings is 2. The number of halogens is 2. The van der Waals surface area contributed by atoms with Crippen molar-refractivity contribution in [2.45, 2.75) is 39.2 Å². The lowest BCUT2D eigenvalue weighted by molar-refractivity contribution is -0.0172. The summed E-state index contributed by atoms with van der Waals surface area (Å²) >= 11 is 0. The topological polar surface area (TPSA) is 64.1 Å². The van der Waals surface area contributed by atoms with E-state index in [-0.39, 0.29) is 36.6 Å². The highest BCUT2D eigenvalue weighted by atomic mass is 127. The number of rotatable bonds is 9. The molecule has 176 valence electrons. The molecule has 32 heavy (non-hydrogen) atoms. The van der Waals surface area contributed by atoms with Crippen molar-refractivity contribution in [2.24, 2.45) is 4.99 Å². The van der Waals surface area contributed by atoms with Gasteiger partial charge >= 0.3 is 0 Å². The van der Waals surface area contributed by atoms with Crippen LogP contribution in [0.4, 0.5) is 4.39 Å². The van der Waals surface area contributed by atoms with Gasteiger partial charge in [-0.2, -0.15) is 0 Å². The number of nitrogens with zero attached hydrogens (tertiary/aromatic N) is 1. The molecule has 0 saturated carbocycles. The normalized spacial score (nSPS) is 13.9. The number of guanidine groups is 1. The summed E-state index contributed by atoms with van der Waals surface area (Å²) in [6, 6.07) is 11.2. The molecule has 0 saturated heterocycles. The molecule has 8 heteroatoms. The van der Waals surface area contributed by atoms with Crippen molar-refractivity contribution in [3.05, 3.63) is 58.9 Å². The van der Waals surface area contributed by atoms with Crippen molar-refractivity contribution in [3.8, 4) is 11.5 Å². The van der Waals surface area contributed by atoms with Crippen LogP contribution < -0.4 is 20.1 Å². The third-order valence-electron chi connectivity index (χ3n) is 5.30. The maximum atomic E-state index is 13.9. The first kappa shape index (κ1) is 26.2. The van der Waals surface area contributed by atoms with Crippen LogP contribution in [0.15, 0.2) is 41.4 Å². The minimum Gasteiger partial charge on any atom is -0.497 e. The molecule has 0 aliphatic carbocycles. The van der Waals surface area contributed by atoms with Gasteiger partial charge < -0.3 is 24.8 Å². The second kappa shape index (κ2) is 13.5. The summed E-state index contributed by atoms with van der Waals surface area (Å²) in [7, 11) is 1.67. The van der Waals surface area contributed by atoms with Crippen LogP contribution in [0.25, 0.3) is 0 Å². The summed E-state index contributed by atoms with van der Waals surface area (Å²) in [5.74, 6) is 2.50. The first-order valence-electron chi connectivity index (χ1n) is 10.8. The highest BCUT2D eigenvalue weighted by Crippen LogP contribution is 2.29. The van der Waals surface area contributed by atoms with Crippen LogP contribution in [-0.2, 0) is 17.8 Å². The van der Waals surface area contributed by atoms with E-state index < -0.39 is 0 Å². The Balaban J connectivity index is 0.00000363. The molecule has 1 aliphatic heterocycles. The zero-order valence-corrected chi connectivity index (χ0v) is 21.3. The van der Waals surface area contributed by atoms with Crippen LogP contribution in [0.1, 0.15) is 42.9 Å².